The van der Waals surface area contributed by atoms with Crippen molar-refractivity contribution in [3.05, 3.63) is 47.0 Å². The molecule has 1 aliphatic rings. The van der Waals surface area contributed by atoms with Crippen LogP contribution in [0, 0.1) is 0 Å². The molecule has 2 N–H and O–H groups in total. The van der Waals surface area contributed by atoms with Crippen molar-refractivity contribution in [2.75, 3.05) is 5.73 Å². The van der Waals surface area contributed by atoms with E-state index in [4.69, 9.17) is 22.1 Å². The summed E-state index contributed by atoms with van der Waals surface area (Å²) in [6.07, 6.45) is 0.919. The number of ether oxygens (including phenoxy) is 1. The van der Waals surface area contributed by atoms with Gasteiger partial charge in [-0.3, -0.25) is 0 Å². The molecule has 2 aromatic rings. The van der Waals surface area contributed by atoms with Gasteiger partial charge in [-0.15, -0.1) is 0 Å². The molecule has 2 nitrogen and oxygen atoms in total. The van der Waals surface area contributed by atoms with E-state index in [-0.39, 0.29) is 5.60 Å². The molecule has 0 aliphatic carbocycles. The second-order valence-corrected chi connectivity index (χ2v) is 6.01. The number of nitrogen functional groups attached to an aromatic ring is 1. The van der Waals surface area contributed by atoms with Crippen LogP contribution in [0.3, 0.4) is 0 Å². The lowest BCUT2D eigenvalue weighted by molar-refractivity contribution is 0.138. The van der Waals surface area contributed by atoms with E-state index in [2.05, 4.69) is 19.9 Å². The second-order valence-electron chi connectivity index (χ2n) is 5.60. The SMILES string of the molecule is CC1(C)Cc2cc(-c3ccc(N)cc3Cl)ccc2O1. The molecule has 0 unspecified atom stereocenters. The van der Waals surface area contributed by atoms with E-state index in [1.165, 1.54) is 5.56 Å². The molecule has 0 amide bonds. The number of halogens is 1. The van der Waals surface area contributed by atoms with E-state index in [9.17, 15) is 0 Å². The Morgan fingerprint density at radius 1 is 1.16 bits per heavy atom. The molecule has 3 rings (SSSR count). The summed E-state index contributed by atoms with van der Waals surface area (Å²) in [6, 6.07) is 11.8. The molecular formula is C16H16ClNO. The van der Waals surface area contributed by atoms with Gasteiger partial charge in [0.2, 0.25) is 0 Å². The maximum Gasteiger partial charge on any atom is 0.123 e. The van der Waals surface area contributed by atoms with E-state index in [0.29, 0.717) is 10.7 Å². The smallest absolute Gasteiger partial charge is 0.123 e. The summed E-state index contributed by atoms with van der Waals surface area (Å²) in [7, 11) is 0. The molecule has 19 heavy (non-hydrogen) atoms. The molecule has 0 saturated carbocycles. The van der Waals surface area contributed by atoms with E-state index >= 15 is 0 Å². The summed E-state index contributed by atoms with van der Waals surface area (Å²) < 4.78 is 5.88. The third kappa shape index (κ3) is 2.28. The highest BCUT2D eigenvalue weighted by Gasteiger charge is 2.30. The van der Waals surface area contributed by atoms with Crippen molar-refractivity contribution in [2.45, 2.75) is 25.9 Å². The molecule has 2 aromatic carbocycles. The summed E-state index contributed by atoms with van der Waals surface area (Å²) >= 11 is 6.26. The molecule has 0 fully saturated rings. The molecule has 1 heterocycles. The molecule has 1 aliphatic heterocycles. The number of rotatable bonds is 1. The highest BCUT2D eigenvalue weighted by Crippen LogP contribution is 2.38. The fraction of sp³-hybridized carbons (Fsp3) is 0.250. The van der Waals surface area contributed by atoms with Crippen LogP contribution >= 0.6 is 11.6 Å². The number of nitrogens with two attached hydrogens (primary N) is 1. The third-order valence-corrected chi connectivity index (χ3v) is 3.68. The van der Waals surface area contributed by atoms with Gasteiger partial charge in [0.25, 0.3) is 0 Å². The molecule has 0 radical (unpaired) electrons. The van der Waals surface area contributed by atoms with Crippen LogP contribution in [0.15, 0.2) is 36.4 Å². The van der Waals surface area contributed by atoms with Crippen molar-refractivity contribution < 1.29 is 4.74 Å². The monoisotopic (exact) mass is 273 g/mol. The number of benzene rings is 2. The standard InChI is InChI=1S/C16H16ClNO/c1-16(2)9-11-7-10(3-6-15(11)19-16)13-5-4-12(18)8-14(13)17/h3-8H,9,18H2,1-2H3. The van der Waals surface area contributed by atoms with E-state index < -0.39 is 0 Å². The Morgan fingerprint density at radius 2 is 1.95 bits per heavy atom. The molecule has 0 bridgehead atoms. The van der Waals surface area contributed by atoms with Crippen LogP contribution in [0.5, 0.6) is 5.75 Å². The van der Waals surface area contributed by atoms with Crippen molar-refractivity contribution in [3.63, 3.8) is 0 Å². The Morgan fingerprint density at radius 3 is 2.68 bits per heavy atom. The van der Waals surface area contributed by atoms with Crippen LogP contribution in [-0.4, -0.2) is 5.60 Å². The van der Waals surface area contributed by atoms with Crippen LogP contribution in [0.25, 0.3) is 11.1 Å². The van der Waals surface area contributed by atoms with Crippen LogP contribution in [0.2, 0.25) is 5.02 Å². The van der Waals surface area contributed by atoms with Gasteiger partial charge in [-0.2, -0.15) is 0 Å². The van der Waals surface area contributed by atoms with Crippen molar-refractivity contribution in [1.82, 2.24) is 0 Å². The van der Waals surface area contributed by atoms with Gasteiger partial charge >= 0.3 is 0 Å². The van der Waals surface area contributed by atoms with Gasteiger partial charge in [0.15, 0.2) is 0 Å². The zero-order valence-electron chi connectivity index (χ0n) is 11.0. The largest absolute Gasteiger partial charge is 0.487 e. The minimum Gasteiger partial charge on any atom is -0.487 e. The van der Waals surface area contributed by atoms with Gasteiger partial charge in [-0.25, -0.2) is 0 Å². The average Bonchev–Trinajstić information content (AvgIpc) is 2.61. The molecule has 0 atom stereocenters. The van der Waals surface area contributed by atoms with Gasteiger partial charge in [0.05, 0.1) is 5.02 Å². The summed E-state index contributed by atoms with van der Waals surface area (Å²) in [5, 5.41) is 0.679. The summed E-state index contributed by atoms with van der Waals surface area (Å²) in [4.78, 5) is 0. The topological polar surface area (TPSA) is 35.2 Å². The Balaban J connectivity index is 2.04. The minimum absolute atomic E-state index is 0.119. The average molecular weight is 274 g/mol. The predicted octanol–water partition coefficient (Wildman–Crippen LogP) is 4.30. The van der Waals surface area contributed by atoms with Crippen molar-refractivity contribution in [1.29, 1.82) is 0 Å². The Kier molecular flexibility index (Phi) is 2.72. The highest BCUT2D eigenvalue weighted by atomic mass is 35.5. The lowest BCUT2D eigenvalue weighted by atomic mass is 9.97. The molecule has 98 valence electrons. The van der Waals surface area contributed by atoms with Crippen LogP contribution in [-0.2, 0) is 6.42 Å². The van der Waals surface area contributed by atoms with Gasteiger partial charge in [0.1, 0.15) is 11.4 Å². The zero-order chi connectivity index (χ0) is 13.6. The van der Waals surface area contributed by atoms with Crippen molar-refractivity contribution >= 4 is 17.3 Å². The highest BCUT2D eigenvalue weighted by molar-refractivity contribution is 6.33. The summed E-state index contributed by atoms with van der Waals surface area (Å²) in [5.41, 5.74) is 9.62. The maximum atomic E-state index is 6.26. The van der Waals surface area contributed by atoms with Crippen LogP contribution < -0.4 is 10.5 Å². The first-order chi connectivity index (χ1) is 8.94. The Bertz CT molecular complexity index is 649. The normalized spacial score (nSPS) is 15.9. The van der Waals surface area contributed by atoms with Crippen LogP contribution in [0.4, 0.5) is 5.69 Å². The number of hydrogen-bond donors (Lipinski definition) is 1. The van der Waals surface area contributed by atoms with Gasteiger partial charge in [0, 0.05) is 17.7 Å². The van der Waals surface area contributed by atoms with E-state index in [1.807, 2.05) is 24.3 Å². The minimum atomic E-state index is -0.119. The maximum absolute atomic E-state index is 6.26. The predicted molar refractivity (Wildman–Crippen MR) is 79.7 cm³/mol. The van der Waals surface area contributed by atoms with Gasteiger partial charge in [-0.1, -0.05) is 23.7 Å². The Labute approximate surface area is 118 Å². The fourth-order valence-corrected chi connectivity index (χ4v) is 2.84. The zero-order valence-corrected chi connectivity index (χ0v) is 11.8. The van der Waals surface area contributed by atoms with Crippen molar-refractivity contribution in [2.24, 2.45) is 0 Å². The molecule has 0 aromatic heterocycles. The lowest BCUT2D eigenvalue weighted by Crippen LogP contribution is -2.24. The Hall–Kier alpha value is -1.67. The van der Waals surface area contributed by atoms with Gasteiger partial charge < -0.3 is 10.5 Å². The third-order valence-electron chi connectivity index (χ3n) is 3.37. The number of hydrogen-bond acceptors (Lipinski definition) is 2. The van der Waals surface area contributed by atoms with E-state index in [0.717, 1.165) is 23.3 Å². The molecule has 0 spiro atoms. The first kappa shape index (κ1) is 12.4. The number of fused-ring (bicyclic) bond motifs is 1. The van der Waals surface area contributed by atoms with E-state index in [1.54, 1.807) is 6.07 Å². The van der Waals surface area contributed by atoms with Crippen LogP contribution in [0.1, 0.15) is 19.4 Å². The molecule has 3 heteroatoms. The first-order valence-corrected chi connectivity index (χ1v) is 6.70. The van der Waals surface area contributed by atoms with Gasteiger partial charge in [-0.05, 0) is 49.2 Å². The summed E-state index contributed by atoms with van der Waals surface area (Å²) in [6.45, 7) is 4.20. The second kappa shape index (κ2) is 4.17. The lowest BCUT2D eigenvalue weighted by Gasteiger charge is -2.16. The van der Waals surface area contributed by atoms with Crippen molar-refractivity contribution in [3.8, 4) is 16.9 Å². The fourth-order valence-electron chi connectivity index (χ4n) is 2.54. The quantitative estimate of drug-likeness (QED) is 0.786. The first-order valence-electron chi connectivity index (χ1n) is 6.32. The molecule has 0 saturated heterocycles. The molecular weight excluding hydrogens is 258 g/mol. The summed E-state index contributed by atoms with van der Waals surface area (Å²) in [5.74, 6) is 0.973. The number of anilines is 1.